The summed E-state index contributed by atoms with van der Waals surface area (Å²) in [7, 11) is 1.37. The average molecular weight is 290 g/mol. The number of carbonyl (C=O) groups is 1. The lowest BCUT2D eigenvalue weighted by Gasteiger charge is -2.42. The monoisotopic (exact) mass is 290 g/mol. The Balaban J connectivity index is 2.01. The summed E-state index contributed by atoms with van der Waals surface area (Å²) in [6.45, 7) is 0.341. The van der Waals surface area contributed by atoms with Crippen LogP contribution in [0.5, 0.6) is 0 Å². The molecular formula is C12H22N2O6. The number of amides is 1. The largest absolute Gasteiger partial charge is 0.394 e. The van der Waals surface area contributed by atoms with Crippen molar-refractivity contribution in [3.63, 3.8) is 0 Å². The van der Waals surface area contributed by atoms with E-state index < -0.39 is 37.3 Å². The van der Waals surface area contributed by atoms with E-state index in [1.807, 2.05) is 0 Å². The zero-order chi connectivity index (χ0) is 14.7. The third kappa shape index (κ3) is 3.11. The van der Waals surface area contributed by atoms with Crippen LogP contribution >= 0.6 is 0 Å². The first-order valence-corrected chi connectivity index (χ1v) is 6.77. The Labute approximate surface area is 117 Å². The van der Waals surface area contributed by atoms with Crippen molar-refractivity contribution >= 4 is 5.91 Å². The van der Waals surface area contributed by atoms with Gasteiger partial charge in [-0.1, -0.05) is 0 Å². The SMILES string of the molecule is CO[C@H]1OC(CO)[C@@H](O)C(O)C1NC(=O)C1CCCN1. The highest BCUT2D eigenvalue weighted by Crippen LogP contribution is 2.22. The summed E-state index contributed by atoms with van der Waals surface area (Å²) >= 11 is 0. The molecule has 6 atom stereocenters. The van der Waals surface area contributed by atoms with Gasteiger partial charge in [-0.05, 0) is 19.4 Å². The van der Waals surface area contributed by atoms with Crippen LogP contribution in [-0.4, -0.2) is 78.2 Å². The van der Waals surface area contributed by atoms with Gasteiger partial charge in [0.05, 0.1) is 12.6 Å². The molecule has 2 saturated heterocycles. The molecule has 0 bridgehead atoms. The number of methoxy groups -OCH3 is 1. The molecule has 0 aromatic heterocycles. The predicted octanol–water partition coefficient (Wildman–Crippen LogP) is -2.69. The first-order chi connectivity index (χ1) is 9.58. The standard InChI is InChI=1S/C12H22N2O6/c1-19-12-8(10(17)9(16)7(5-15)20-12)14-11(18)6-3-2-4-13-6/h6-10,12-13,15-17H,2-5H2,1H3,(H,14,18)/t6?,7?,8?,9-,10?,12+/m1/s1. The second-order valence-corrected chi connectivity index (χ2v) is 5.13. The van der Waals surface area contributed by atoms with Crippen molar-refractivity contribution < 1.29 is 29.6 Å². The number of hydrogen-bond acceptors (Lipinski definition) is 7. The summed E-state index contributed by atoms with van der Waals surface area (Å²) in [4.78, 5) is 12.1. The molecule has 2 heterocycles. The van der Waals surface area contributed by atoms with Gasteiger partial charge in [0.25, 0.3) is 0 Å². The van der Waals surface area contributed by atoms with Gasteiger partial charge in [-0.15, -0.1) is 0 Å². The second-order valence-electron chi connectivity index (χ2n) is 5.13. The fourth-order valence-electron chi connectivity index (χ4n) is 2.61. The molecule has 1 amide bonds. The lowest BCUT2D eigenvalue weighted by atomic mass is 9.96. The lowest BCUT2D eigenvalue weighted by molar-refractivity contribution is -0.262. The minimum atomic E-state index is -1.28. The summed E-state index contributed by atoms with van der Waals surface area (Å²) < 4.78 is 10.4. The fraction of sp³-hybridized carbons (Fsp3) is 0.917. The topological polar surface area (TPSA) is 120 Å². The van der Waals surface area contributed by atoms with Crippen molar-refractivity contribution in [2.75, 3.05) is 20.3 Å². The van der Waals surface area contributed by atoms with Crippen molar-refractivity contribution in [2.24, 2.45) is 0 Å². The Morgan fingerprint density at radius 2 is 2.20 bits per heavy atom. The molecular weight excluding hydrogens is 268 g/mol. The fourth-order valence-corrected chi connectivity index (χ4v) is 2.61. The molecule has 0 saturated carbocycles. The van der Waals surface area contributed by atoms with Gasteiger partial charge >= 0.3 is 0 Å². The number of hydrogen-bond donors (Lipinski definition) is 5. The second kappa shape index (κ2) is 6.79. The summed E-state index contributed by atoms with van der Waals surface area (Å²) in [5.74, 6) is -0.258. The van der Waals surface area contributed by atoms with E-state index in [2.05, 4.69) is 10.6 Å². The first kappa shape index (κ1) is 15.6. The number of aliphatic hydroxyl groups excluding tert-OH is 3. The van der Waals surface area contributed by atoms with Crippen LogP contribution in [0.3, 0.4) is 0 Å². The van der Waals surface area contributed by atoms with E-state index in [0.29, 0.717) is 0 Å². The van der Waals surface area contributed by atoms with Crippen LogP contribution < -0.4 is 10.6 Å². The van der Waals surface area contributed by atoms with Crippen molar-refractivity contribution in [3.8, 4) is 0 Å². The van der Waals surface area contributed by atoms with Crippen LogP contribution in [0, 0.1) is 0 Å². The van der Waals surface area contributed by atoms with Crippen LogP contribution in [0.2, 0.25) is 0 Å². The highest BCUT2D eigenvalue weighted by molar-refractivity contribution is 5.82. The Morgan fingerprint density at radius 1 is 1.45 bits per heavy atom. The van der Waals surface area contributed by atoms with Crippen molar-refractivity contribution in [1.29, 1.82) is 0 Å². The predicted molar refractivity (Wildman–Crippen MR) is 67.7 cm³/mol. The average Bonchev–Trinajstić information content (AvgIpc) is 2.98. The molecule has 0 aromatic carbocycles. The Hall–Kier alpha value is -0.770. The third-order valence-electron chi connectivity index (χ3n) is 3.80. The minimum Gasteiger partial charge on any atom is -0.394 e. The maximum Gasteiger partial charge on any atom is 0.237 e. The zero-order valence-corrected chi connectivity index (χ0v) is 11.4. The van der Waals surface area contributed by atoms with Crippen LogP contribution in [0.1, 0.15) is 12.8 Å². The molecule has 2 aliphatic rings. The van der Waals surface area contributed by atoms with E-state index in [9.17, 15) is 15.0 Å². The van der Waals surface area contributed by atoms with Gasteiger partial charge in [0.1, 0.15) is 24.4 Å². The Morgan fingerprint density at radius 3 is 2.75 bits per heavy atom. The molecule has 0 spiro atoms. The molecule has 0 aromatic rings. The Kier molecular flexibility index (Phi) is 5.30. The van der Waals surface area contributed by atoms with Gasteiger partial charge in [0.2, 0.25) is 5.91 Å². The van der Waals surface area contributed by atoms with E-state index in [1.54, 1.807) is 0 Å². The summed E-state index contributed by atoms with van der Waals surface area (Å²) in [6.07, 6.45) is -2.76. The van der Waals surface area contributed by atoms with E-state index in [0.717, 1.165) is 19.4 Å². The van der Waals surface area contributed by atoms with Crippen molar-refractivity contribution in [2.45, 2.75) is 49.5 Å². The quantitative estimate of drug-likeness (QED) is 0.382. The number of nitrogens with one attached hydrogen (secondary N) is 2. The van der Waals surface area contributed by atoms with Crippen LogP contribution in [0.25, 0.3) is 0 Å². The minimum absolute atomic E-state index is 0.258. The molecule has 20 heavy (non-hydrogen) atoms. The van der Waals surface area contributed by atoms with Gasteiger partial charge in [0.15, 0.2) is 6.29 Å². The normalized spacial score (nSPS) is 41.6. The molecule has 0 radical (unpaired) electrons. The first-order valence-electron chi connectivity index (χ1n) is 6.77. The van der Waals surface area contributed by atoms with E-state index in [4.69, 9.17) is 14.6 Å². The molecule has 2 aliphatic heterocycles. The van der Waals surface area contributed by atoms with E-state index >= 15 is 0 Å². The highest BCUT2D eigenvalue weighted by Gasteiger charge is 2.45. The van der Waals surface area contributed by atoms with E-state index in [1.165, 1.54) is 7.11 Å². The smallest absolute Gasteiger partial charge is 0.237 e. The summed E-state index contributed by atoms with van der Waals surface area (Å²) in [5, 5.41) is 34.7. The lowest BCUT2D eigenvalue weighted by Crippen LogP contribution is -2.65. The zero-order valence-electron chi connectivity index (χ0n) is 11.4. The van der Waals surface area contributed by atoms with Crippen molar-refractivity contribution in [3.05, 3.63) is 0 Å². The molecule has 116 valence electrons. The molecule has 5 N–H and O–H groups in total. The number of aliphatic hydroxyl groups is 3. The molecule has 8 heteroatoms. The van der Waals surface area contributed by atoms with Crippen molar-refractivity contribution in [1.82, 2.24) is 10.6 Å². The molecule has 2 rings (SSSR count). The number of ether oxygens (including phenoxy) is 2. The van der Waals surface area contributed by atoms with Crippen LogP contribution in [0.15, 0.2) is 0 Å². The Bertz CT molecular complexity index is 334. The maximum atomic E-state index is 12.1. The summed E-state index contributed by atoms with van der Waals surface area (Å²) in [6, 6.07) is -1.18. The maximum absolute atomic E-state index is 12.1. The van der Waals surface area contributed by atoms with Crippen LogP contribution in [-0.2, 0) is 14.3 Å². The molecule has 8 nitrogen and oxygen atoms in total. The van der Waals surface area contributed by atoms with Gasteiger partial charge in [0, 0.05) is 7.11 Å². The van der Waals surface area contributed by atoms with Gasteiger partial charge in [-0.3, -0.25) is 4.79 Å². The molecule has 2 fully saturated rings. The third-order valence-corrected chi connectivity index (χ3v) is 3.80. The van der Waals surface area contributed by atoms with E-state index in [-0.39, 0.29) is 11.9 Å². The summed E-state index contributed by atoms with van der Waals surface area (Å²) in [5.41, 5.74) is 0. The number of rotatable bonds is 4. The van der Waals surface area contributed by atoms with Gasteiger partial charge < -0.3 is 35.4 Å². The molecule has 0 aliphatic carbocycles. The van der Waals surface area contributed by atoms with Gasteiger partial charge in [-0.2, -0.15) is 0 Å². The molecule has 4 unspecified atom stereocenters. The van der Waals surface area contributed by atoms with Gasteiger partial charge in [-0.25, -0.2) is 0 Å². The highest BCUT2D eigenvalue weighted by atomic mass is 16.7. The van der Waals surface area contributed by atoms with Crippen LogP contribution in [0.4, 0.5) is 0 Å². The number of carbonyl (C=O) groups excluding carboxylic acids is 1.